The lowest BCUT2D eigenvalue weighted by Gasteiger charge is -2.24. The number of nitrogens with zero attached hydrogens (tertiary/aromatic N) is 2. The fourth-order valence-corrected chi connectivity index (χ4v) is 1.88. The Morgan fingerprint density at radius 1 is 1.57 bits per heavy atom. The van der Waals surface area contributed by atoms with Crippen molar-refractivity contribution < 1.29 is 4.74 Å². The molecule has 14 heavy (non-hydrogen) atoms. The van der Waals surface area contributed by atoms with Crippen LogP contribution in [0.3, 0.4) is 0 Å². The van der Waals surface area contributed by atoms with Gasteiger partial charge in [-0.15, -0.1) is 0 Å². The van der Waals surface area contributed by atoms with Gasteiger partial charge in [0.05, 0.1) is 18.8 Å². The molecule has 1 heterocycles. The summed E-state index contributed by atoms with van der Waals surface area (Å²) in [7, 11) is 0. The molecule has 0 bridgehead atoms. The Hall–Kier alpha value is -0.590. The molecule has 0 aromatic rings. The van der Waals surface area contributed by atoms with Crippen molar-refractivity contribution in [2.24, 2.45) is 0 Å². The highest BCUT2D eigenvalue weighted by atomic mass is 16.5. The zero-order valence-corrected chi connectivity index (χ0v) is 9.20. The van der Waals surface area contributed by atoms with Gasteiger partial charge in [-0.2, -0.15) is 5.26 Å². The maximum atomic E-state index is 8.52. The van der Waals surface area contributed by atoms with Gasteiger partial charge in [0.1, 0.15) is 0 Å². The Bertz CT molecular complexity index is 198. The third kappa shape index (κ3) is 3.65. The van der Waals surface area contributed by atoms with E-state index in [2.05, 4.69) is 24.8 Å². The van der Waals surface area contributed by atoms with E-state index in [1.54, 1.807) is 0 Å². The number of nitriles is 1. The zero-order chi connectivity index (χ0) is 10.4. The van der Waals surface area contributed by atoms with Gasteiger partial charge < -0.3 is 4.74 Å². The van der Waals surface area contributed by atoms with Crippen LogP contribution in [0.25, 0.3) is 0 Å². The van der Waals surface area contributed by atoms with Gasteiger partial charge in [0.25, 0.3) is 0 Å². The highest BCUT2D eigenvalue weighted by Gasteiger charge is 2.24. The third-order valence-corrected chi connectivity index (χ3v) is 2.63. The van der Waals surface area contributed by atoms with Crippen molar-refractivity contribution in [3.63, 3.8) is 0 Å². The van der Waals surface area contributed by atoms with Gasteiger partial charge in [-0.3, -0.25) is 4.90 Å². The summed E-state index contributed by atoms with van der Waals surface area (Å²) in [5.74, 6) is 0. The predicted octanol–water partition coefficient (Wildman–Crippen LogP) is 1.79. The molecule has 3 heteroatoms. The largest absolute Gasteiger partial charge is 0.377 e. The van der Waals surface area contributed by atoms with E-state index in [0.29, 0.717) is 18.6 Å². The summed E-state index contributed by atoms with van der Waals surface area (Å²) >= 11 is 0. The molecule has 1 aliphatic rings. The second-order valence-electron chi connectivity index (χ2n) is 4.12. The monoisotopic (exact) mass is 196 g/mol. The normalized spacial score (nSPS) is 22.9. The minimum Gasteiger partial charge on any atom is -0.377 e. The first-order valence-electron chi connectivity index (χ1n) is 5.46. The van der Waals surface area contributed by atoms with Crippen LogP contribution in [0.2, 0.25) is 0 Å². The molecule has 1 unspecified atom stereocenters. The van der Waals surface area contributed by atoms with Crippen LogP contribution < -0.4 is 0 Å². The maximum Gasteiger partial charge on any atom is 0.0635 e. The lowest BCUT2D eigenvalue weighted by atomic mass is 10.2. The van der Waals surface area contributed by atoms with Gasteiger partial charge in [-0.1, -0.05) is 0 Å². The Labute approximate surface area is 86.6 Å². The lowest BCUT2D eigenvalue weighted by Crippen LogP contribution is -2.34. The molecule has 0 aromatic heterocycles. The van der Waals surface area contributed by atoms with Crippen molar-refractivity contribution in [2.75, 3.05) is 19.7 Å². The molecule has 1 atom stereocenters. The molecule has 1 rings (SSSR count). The van der Waals surface area contributed by atoms with Gasteiger partial charge in [0.15, 0.2) is 0 Å². The minimum absolute atomic E-state index is 0.313. The third-order valence-electron chi connectivity index (χ3n) is 2.63. The molecule has 0 amide bonds. The van der Waals surface area contributed by atoms with Crippen LogP contribution in [0.1, 0.15) is 33.1 Å². The number of likely N-dealkylation sites (tertiary alicyclic amines) is 1. The van der Waals surface area contributed by atoms with Crippen LogP contribution in [0.4, 0.5) is 0 Å². The van der Waals surface area contributed by atoms with E-state index in [1.165, 1.54) is 12.8 Å². The minimum atomic E-state index is 0.313. The van der Waals surface area contributed by atoms with E-state index in [4.69, 9.17) is 10.00 Å². The predicted molar refractivity (Wildman–Crippen MR) is 55.9 cm³/mol. The fraction of sp³-hybridized carbons (Fsp3) is 0.909. The van der Waals surface area contributed by atoms with Crippen LogP contribution in [0.15, 0.2) is 0 Å². The Morgan fingerprint density at radius 3 is 3.00 bits per heavy atom. The summed E-state index contributed by atoms with van der Waals surface area (Å²) in [6.07, 6.45) is 3.42. The summed E-state index contributed by atoms with van der Waals surface area (Å²) in [6, 6.07) is 2.74. The van der Waals surface area contributed by atoms with Crippen LogP contribution in [-0.4, -0.2) is 36.7 Å². The summed E-state index contributed by atoms with van der Waals surface area (Å²) in [5, 5.41) is 8.52. The van der Waals surface area contributed by atoms with E-state index in [0.717, 1.165) is 19.7 Å². The molecule has 0 saturated carbocycles. The molecular formula is C11H20N2O. The Balaban J connectivity index is 2.25. The van der Waals surface area contributed by atoms with Crippen molar-refractivity contribution in [3.05, 3.63) is 0 Å². The molecule has 0 aliphatic carbocycles. The van der Waals surface area contributed by atoms with Crippen molar-refractivity contribution in [1.29, 1.82) is 5.26 Å². The summed E-state index contributed by atoms with van der Waals surface area (Å²) in [6.45, 7) is 6.99. The van der Waals surface area contributed by atoms with E-state index in [9.17, 15) is 0 Å². The van der Waals surface area contributed by atoms with Crippen LogP contribution in [0, 0.1) is 11.3 Å². The first kappa shape index (κ1) is 11.5. The smallest absolute Gasteiger partial charge is 0.0635 e. The first-order valence-corrected chi connectivity index (χ1v) is 5.46. The Morgan fingerprint density at radius 2 is 2.36 bits per heavy atom. The standard InChI is InChI=1S/C11H20N2O/c1-10(2)14-9-11-5-3-7-13(11)8-4-6-12/h10-11H,3-5,7-9H2,1-2H3. The van der Waals surface area contributed by atoms with Gasteiger partial charge in [-0.25, -0.2) is 0 Å². The SMILES string of the molecule is CC(C)OCC1CCCN1CCC#N. The molecule has 0 aromatic carbocycles. The summed E-state index contributed by atoms with van der Waals surface area (Å²) in [5.41, 5.74) is 0. The molecule has 0 N–H and O–H groups in total. The number of hydrogen-bond acceptors (Lipinski definition) is 3. The number of ether oxygens (including phenoxy) is 1. The van der Waals surface area contributed by atoms with Crippen molar-refractivity contribution >= 4 is 0 Å². The molecule has 0 spiro atoms. The van der Waals surface area contributed by atoms with Crippen molar-refractivity contribution in [1.82, 2.24) is 4.90 Å². The van der Waals surface area contributed by atoms with E-state index in [-0.39, 0.29) is 0 Å². The Kier molecular flexibility index (Phi) is 4.92. The van der Waals surface area contributed by atoms with Gasteiger partial charge in [-0.05, 0) is 33.2 Å². The number of hydrogen-bond donors (Lipinski definition) is 0. The number of rotatable bonds is 5. The van der Waals surface area contributed by atoms with E-state index >= 15 is 0 Å². The highest BCUT2D eigenvalue weighted by molar-refractivity contribution is 4.82. The van der Waals surface area contributed by atoms with Gasteiger partial charge >= 0.3 is 0 Å². The van der Waals surface area contributed by atoms with Gasteiger partial charge in [0, 0.05) is 19.0 Å². The van der Waals surface area contributed by atoms with Crippen LogP contribution >= 0.6 is 0 Å². The summed E-state index contributed by atoms with van der Waals surface area (Å²) in [4.78, 5) is 2.38. The molecule has 1 aliphatic heterocycles. The van der Waals surface area contributed by atoms with Crippen LogP contribution in [0.5, 0.6) is 0 Å². The molecule has 0 radical (unpaired) electrons. The van der Waals surface area contributed by atoms with Crippen molar-refractivity contribution in [2.45, 2.75) is 45.3 Å². The zero-order valence-electron chi connectivity index (χ0n) is 9.20. The van der Waals surface area contributed by atoms with Gasteiger partial charge in [0.2, 0.25) is 0 Å². The topological polar surface area (TPSA) is 36.3 Å². The first-order chi connectivity index (χ1) is 6.74. The average Bonchev–Trinajstić information content (AvgIpc) is 2.58. The van der Waals surface area contributed by atoms with Crippen LogP contribution in [-0.2, 0) is 4.74 Å². The lowest BCUT2D eigenvalue weighted by molar-refractivity contribution is 0.0379. The molecule has 3 nitrogen and oxygen atoms in total. The fourth-order valence-electron chi connectivity index (χ4n) is 1.88. The maximum absolute atomic E-state index is 8.52. The van der Waals surface area contributed by atoms with Crippen molar-refractivity contribution in [3.8, 4) is 6.07 Å². The quantitative estimate of drug-likeness (QED) is 0.672. The molecular weight excluding hydrogens is 176 g/mol. The average molecular weight is 196 g/mol. The second-order valence-corrected chi connectivity index (χ2v) is 4.12. The summed E-state index contributed by atoms with van der Waals surface area (Å²) < 4.78 is 5.61. The second kappa shape index (κ2) is 6.00. The molecule has 1 saturated heterocycles. The van der Waals surface area contributed by atoms with E-state index < -0.39 is 0 Å². The van der Waals surface area contributed by atoms with E-state index in [1.807, 2.05) is 0 Å². The molecule has 1 fully saturated rings. The highest BCUT2D eigenvalue weighted by Crippen LogP contribution is 2.17. The molecule has 80 valence electrons.